The zero-order valence-electron chi connectivity index (χ0n) is 39.9. The van der Waals surface area contributed by atoms with Crippen LogP contribution in [0.1, 0.15) is 49.9 Å². The summed E-state index contributed by atoms with van der Waals surface area (Å²) in [5.41, 5.74) is 23.3. The zero-order valence-corrected chi connectivity index (χ0v) is 39.9. The van der Waals surface area contributed by atoms with Crippen LogP contribution in [0, 0.1) is 0 Å². The van der Waals surface area contributed by atoms with Crippen LogP contribution >= 0.6 is 0 Å². The molecule has 0 unspecified atom stereocenters. The Morgan fingerprint density at radius 2 is 0.471 bits per heavy atom. The van der Waals surface area contributed by atoms with E-state index in [2.05, 4.69) is 258 Å². The molecule has 330 valence electrons. The summed E-state index contributed by atoms with van der Waals surface area (Å²) in [4.78, 5) is 0. The number of hydrogen-bond acceptors (Lipinski definition) is 0. The van der Waals surface area contributed by atoms with Crippen molar-refractivity contribution in [1.29, 1.82) is 0 Å². The minimum atomic E-state index is -0.199. The van der Waals surface area contributed by atoms with Gasteiger partial charge in [-0.1, -0.05) is 240 Å². The molecule has 0 aromatic heterocycles. The van der Waals surface area contributed by atoms with E-state index in [9.17, 15) is 0 Å². The van der Waals surface area contributed by atoms with E-state index in [0.29, 0.717) is 0 Å². The first kappa shape index (κ1) is 40.7. The molecule has 0 N–H and O–H groups in total. The molecule has 0 saturated heterocycles. The van der Waals surface area contributed by atoms with Crippen LogP contribution in [-0.2, 0) is 10.8 Å². The molecule has 0 spiro atoms. The summed E-state index contributed by atoms with van der Waals surface area (Å²) in [6.07, 6.45) is 0. The van der Waals surface area contributed by atoms with Crippen molar-refractivity contribution < 1.29 is 0 Å². The van der Waals surface area contributed by atoms with Gasteiger partial charge in [0.2, 0.25) is 0 Å². The van der Waals surface area contributed by atoms with E-state index >= 15 is 0 Å². The lowest BCUT2D eigenvalue weighted by atomic mass is 9.79. The minimum Gasteiger partial charge on any atom is -0.0622 e. The van der Waals surface area contributed by atoms with Crippen LogP contribution in [0.15, 0.2) is 231 Å². The van der Waals surface area contributed by atoms with Crippen molar-refractivity contribution in [1.82, 2.24) is 0 Å². The summed E-state index contributed by atoms with van der Waals surface area (Å²) in [7, 11) is 0. The Balaban J connectivity index is 0.847. The third-order valence-electron chi connectivity index (χ3n) is 16.3. The van der Waals surface area contributed by atoms with Gasteiger partial charge in [-0.3, -0.25) is 0 Å². The Morgan fingerprint density at radius 1 is 0.200 bits per heavy atom. The quantitative estimate of drug-likeness (QED) is 0.151. The zero-order chi connectivity index (χ0) is 46.9. The molecule has 0 heterocycles. The van der Waals surface area contributed by atoms with Gasteiger partial charge in [0.05, 0.1) is 0 Å². The van der Waals surface area contributed by atoms with Gasteiger partial charge in [0.25, 0.3) is 0 Å². The van der Waals surface area contributed by atoms with Crippen LogP contribution in [-0.4, -0.2) is 0 Å². The maximum atomic E-state index is 2.50. The largest absolute Gasteiger partial charge is 0.0622 e. The summed E-state index contributed by atoms with van der Waals surface area (Å²) < 4.78 is 0. The molecule has 12 aromatic carbocycles. The first-order valence-electron chi connectivity index (χ1n) is 24.8. The molecule has 0 nitrogen and oxygen atoms in total. The third kappa shape index (κ3) is 5.83. The molecular formula is C70H50. The maximum absolute atomic E-state index is 2.50. The van der Waals surface area contributed by atoms with E-state index in [1.165, 1.54) is 143 Å². The molecule has 0 saturated carbocycles. The van der Waals surface area contributed by atoms with E-state index in [1.54, 1.807) is 0 Å². The summed E-state index contributed by atoms with van der Waals surface area (Å²) in [6, 6.07) is 86.7. The number of benzene rings is 12. The van der Waals surface area contributed by atoms with Crippen LogP contribution in [0.5, 0.6) is 0 Å². The number of fused-ring (bicyclic) bond motifs is 10. The topological polar surface area (TPSA) is 0 Å². The molecule has 0 fully saturated rings. The van der Waals surface area contributed by atoms with Crippen molar-refractivity contribution in [2.24, 2.45) is 0 Å². The fourth-order valence-electron chi connectivity index (χ4n) is 12.9. The highest BCUT2D eigenvalue weighted by Crippen LogP contribution is 2.54. The lowest BCUT2D eigenvalue weighted by molar-refractivity contribution is 0.660. The van der Waals surface area contributed by atoms with Gasteiger partial charge in [-0.2, -0.15) is 0 Å². The first-order valence-corrected chi connectivity index (χ1v) is 24.8. The Hall–Kier alpha value is -8.32. The van der Waals surface area contributed by atoms with Crippen LogP contribution < -0.4 is 0 Å². The van der Waals surface area contributed by atoms with Crippen molar-refractivity contribution in [3.05, 3.63) is 253 Å². The lowest BCUT2D eigenvalue weighted by Gasteiger charge is -2.24. The van der Waals surface area contributed by atoms with Gasteiger partial charge in [-0.05, 0) is 161 Å². The summed E-state index contributed by atoms with van der Waals surface area (Å²) in [6.45, 7) is 9.58. The Labute approximate surface area is 410 Å². The van der Waals surface area contributed by atoms with E-state index in [4.69, 9.17) is 0 Å². The standard InChI is InChI=1S/C70H50/c1-69(2)61-29-17-16-20-49(61)50-38-35-47(41-63(50)69)67-57-25-12-14-27-59(57)68(60-28-15-13-26-58(60)67)48-36-39-52-51-37-34-46(40-62(51)70(3,4)64(52)42-48)43-30-32-45(33-31-43)66-55-23-10-8-21-53(55)65(44-18-6-5-7-19-44)54-22-9-11-24-56(54)66/h5-42H,1-4H3. The molecule has 2 aliphatic carbocycles. The number of rotatable bonds is 5. The molecule has 0 aliphatic heterocycles. The smallest absolute Gasteiger partial charge is 0.0159 e. The van der Waals surface area contributed by atoms with Crippen molar-refractivity contribution in [2.75, 3.05) is 0 Å². The molecule has 14 rings (SSSR count). The van der Waals surface area contributed by atoms with E-state index in [-0.39, 0.29) is 10.8 Å². The molecule has 70 heavy (non-hydrogen) atoms. The van der Waals surface area contributed by atoms with Gasteiger partial charge in [-0.25, -0.2) is 0 Å². The van der Waals surface area contributed by atoms with Crippen LogP contribution in [0.2, 0.25) is 0 Å². The highest BCUT2D eigenvalue weighted by Gasteiger charge is 2.37. The molecule has 0 amide bonds. The predicted octanol–water partition coefficient (Wildman–Crippen LogP) is 19.2. The summed E-state index contributed by atoms with van der Waals surface area (Å²) in [5.74, 6) is 0. The van der Waals surface area contributed by atoms with E-state index in [1.807, 2.05) is 0 Å². The Kier molecular flexibility index (Phi) is 8.78. The molecule has 0 heteroatoms. The van der Waals surface area contributed by atoms with Gasteiger partial charge >= 0.3 is 0 Å². The average molecular weight is 891 g/mol. The molecular weight excluding hydrogens is 841 g/mol. The lowest BCUT2D eigenvalue weighted by Crippen LogP contribution is -2.15. The van der Waals surface area contributed by atoms with Gasteiger partial charge < -0.3 is 0 Å². The fourth-order valence-corrected chi connectivity index (χ4v) is 12.9. The fraction of sp³-hybridized carbons (Fsp3) is 0.0857. The summed E-state index contributed by atoms with van der Waals surface area (Å²) in [5, 5.41) is 10.2. The normalized spacial score (nSPS) is 13.9. The summed E-state index contributed by atoms with van der Waals surface area (Å²) >= 11 is 0. The van der Waals surface area contributed by atoms with Gasteiger partial charge in [-0.15, -0.1) is 0 Å². The second-order valence-corrected chi connectivity index (χ2v) is 20.7. The minimum absolute atomic E-state index is 0.0737. The Bertz CT molecular complexity index is 4030. The molecule has 0 atom stereocenters. The average Bonchev–Trinajstić information content (AvgIpc) is 3.77. The first-order chi connectivity index (χ1) is 34.3. The van der Waals surface area contributed by atoms with Gasteiger partial charge in [0.15, 0.2) is 0 Å². The van der Waals surface area contributed by atoms with Crippen LogP contribution in [0.3, 0.4) is 0 Å². The van der Waals surface area contributed by atoms with Crippen molar-refractivity contribution in [3.8, 4) is 77.9 Å². The highest BCUT2D eigenvalue weighted by molar-refractivity contribution is 6.23. The molecule has 0 bridgehead atoms. The number of hydrogen-bond donors (Lipinski definition) is 0. The van der Waals surface area contributed by atoms with Crippen LogP contribution in [0.25, 0.3) is 121 Å². The molecule has 12 aromatic rings. The van der Waals surface area contributed by atoms with Crippen molar-refractivity contribution in [3.63, 3.8) is 0 Å². The van der Waals surface area contributed by atoms with Crippen molar-refractivity contribution >= 4 is 43.1 Å². The predicted molar refractivity (Wildman–Crippen MR) is 299 cm³/mol. The SMILES string of the molecule is CC1(C)c2ccccc2-c2ccc(-c3c4ccccc4c(-c4ccc5c(c4)C(C)(C)c4cc(-c6ccc(-c7c8ccccc8c(-c8ccccc8)c8ccccc78)cc6)ccc4-5)c4ccccc34)cc21. The third-order valence-corrected chi connectivity index (χ3v) is 16.3. The monoisotopic (exact) mass is 890 g/mol. The second-order valence-electron chi connectivity index (χ2n) is 20.7. The second kappa shape index (κ2) is 15.1. The van der Waals surface area contributed by atoms with E-state index in [0.717, 1.165) is 0 Å². The van der Waals surface area contributed by atoms with Gasteiger partial charge in [0, 0.05) is 10.8 Å². The Morgan fingerprint density at radius 3 is 0.900 bits per heavy atom. The highest BCUT2D eigenvalue weighted by atomic mass is 14.4. The molecule has 0 radical (unpaired) electrons. The van der Waals surface area contributed by atoms with Gasteiger partial charge in [0.1, 0.15) is 0 Å². The molecule has 2 aliphatic rings. The van der Waals surface area contributed by atoms with Crippen LogP contribution in [0.4, 0.5) is 0 Å². The van der Waals surface area contributed by atoms with Crippen molar-refractivity contribution in [2.45, 2.75) is 38.5 Å². The van der Waals surface area contributed by atoms with E-state index < -0.39 is 0 Å². The maximum Gasteiger partial charge on any atom is 0.0159 e.